The SMILES string of the molecule is CO[C@@H](C(=O)N1CCCC1c1ncc(-c2ccc(-c3ccc(-c4cnc([C@@H]5CCCN5C(=O)[C@@H](c5ccccc5Cl)N(C)C)[nH]4)cc3)cc2)[nH]1)c1ccccc1. The molecule has 2 aromatic heterocycles. The lowest BCUT2D eigenvalue weighted by atomic mass is 10.0. The van der Waals surface area contributed by atoms with Crippen LogP contribution in [0, 0.1) is 0 Å². The van der Waals surface area contributed by atoms with Gasteiger partial charge < -0.3 is 24.5 Å². The molecule has 56 heavy (non-hydrogen) atoms. The van der Waals surface area contributed by atoms with Gasteiger partial charge in [-0.1, -0.05) is 109 Å². The molecule has 6 aromatic rings. The summed E-state index contributed by atoms with van der Waals surface area (Å²) < 4.78 is 5.66. The quantitative estimate of drug-likeness (QED) is 0.136. The monoisotopic (exact) mass is 767 g/mol. The highest BCUT2D eigenvalue weighted by Crippen LogP contribution is 2.38. The van der Waals surface area contributed by atoms with Crippen LogP contribution >= 0.6 is 11.6 Å². The molecule has 2 fully saturated rings. The van der Waals surface area contributed by atoms with Crippen LogP contribution in [0.4, 0.5) is 0 Å². The Morgan fingerprint density at radius 2 is 1.18 bits per heavy atom. The molecule has 0 aliphatic carbocycles. The van der Waals surface area contributed by atoms with Gasteiger partial charge in [0.1, 0.15) is 17.7 Å². The van der Waals surface area contributed by atoms with Gasteiger partial charge in [0.05, 0.1) is 35.9 Å². The number of nitrogens with zero attached hydrogens (tertiary/aromatic N) is 5. The number of halogens is 1. The fourth-order valence-corrected chi connectivity index (χ4v) is 8.50. The molecule has 0 radical (unpaired) electrons. The number of aromatic nitrogens is 4. The van der Waals surface area contributed by atoms with E-state index in [1.165, 1.54) is 0 Å². The van der Waals surface area contributed by atoms with Gasteiger partial charge in [0.2, 0.25) is 5.91 Å². The van der Waals surface area contributed by atoms with E-state index >= 15 is 0 Å². The fourth-order valence-electron chi connectivity index (χ4n) is 8.26. The summed E-state index contributed by atoms with van der Waals surface area (Å²) >= 11 is 6.55. The van der Waals surface area contributed by atoms with Crippen LogP contribution < -0.4 is 0 Å². The maximum atomic E-state index is 14.0. The van der Waals surface area contributed by atoms with Gasteiger partial charge in [-0.3, -0.25) is 14.5 Å². The number of likely N-dealkylation sites (N-methyl/N-ethyl adjacent to an activating group) is 1. The molecule has 4 atom stereocenters. The van der Waals surface area contributed by atoms with E-state index in [9.17, 15) is 9.59 Å². The number of carbonyl (C=O) groups is 2. The summed E-state index contributed by atoms with van der Waals surface area (Å²) in [7, 11) is 5.41. The number of aromatic amines is 2. The molecular formula is C45H46ClN7O3. The van der Waals surface area contributed by atoms with Crippen molar-refractivity contribution in [1.29, 1.82) is 0 Å². The summed E-state index contributed by atoms with van der Waals surface area (Å²) in [4.78, 5) is 49.9. The molecule has 0 bridgehead atoms. The third-order valence-electron chi connectivity index (χ3n) is 11.1. The van der Waals surface area contributed by atoms with E-state index in [0.717, 1.165) is 82.1 Å². The van der Waals surface area contributed by atoms with Crippen molar-refractivity contribution in [3.8, 4) is 33.6 Å². The number of benzene rings is 4. The molecule has 286 valence electrons. The van der Waals surface area contributed by atoms with Crippen LogP contribution in [-0.2, 0) is 14.3 Å². The van der Waals surface area contributed by atoms with Crippen LogP contribution in [0.5, 0.6) is 0 Å². The van der Waals surface area contributed by atoms with E-state index in [4.69, 9.17) is 26.3 Å². The zero-order valence-electron chi connectivity index (χ0n) is 31.9. The van der Waals surface area contributed by atoms with E-state index < -0.39 is 12.1 Å². The number of hydrogen-bond donors (Lipinski definition) is 2. The highest BCUT2D eigenvalue weighted by Gasteiger charge is 2.38. The number of carbonyl (C=O) groups excluding carboxylic acids is 2. The third-order valence-corrected chi connectivity index (χ3v) is 11.5. The number of hydrogen-bond acceptors (Lipinski definition) is 6. The molecule has 2 aliphatic heterocycles. The number of imidazole rings is 2. The Hall–Kier alpha value is -5.55. The lowest BCUT2D eigenvalue weighted by Crippen LogP contribution is -2.40. The van der Waals surface area contributed by atoms with E-state index in [-0.39, 0.29) is 23.9 Å². The summed E-state index contributed by atoms with van der Waals surface area (Å²) in [5.41, 5.74) is 7.71. The summed E-state index contributed by atoms with van der Waals surface area (Å²) in [6, 6.07) is 33.3. The first-order valence-electron chi connectivity index (χ1n) is 19.2. The van der Waals surface area contributed by atoms with Gasteiger partial charge in [-0.25, -0.2) is 9.97 Å². The Morgan fingerprint density at radius 3 is 1.68 bits per heavy atom. The minimum absolute atomic E-state index is 0.0269. The Kier molecular flexibility index (Phi) is 10.9. The molecule has 2 amide bonds. The molecule has 2 saturated heterocycles. The topological polar surface area (TPSA) is 110 Å². The van der Waals surface area contributed by atoms with Crippen molar-refractivity contribution < 1.29 is 14.3 Å². The van der Waals surface area contributed by atoms with Crippen LogP contribution in [0.1, 0.15) is 72.7 Å². The zero-order chi connectivity index (χ0) is 38.8. The number of rotatable bonds is 11. The van der Waals surface area contributed by atoms with Gasteiger partial charge in [-0.05, 0) is 79.2 Å². The van der Waals surface area contributed by atoms with Crippen molar-refractivity contribution in [3.63, 3.8) is 0 Å². The second-order valence-corrected chi connectivity index (χ2v) is 15.2. The lowest BCUT2D eigenvalue weighted by Gasteiger charge is -2.32. The molecule has 10 nitrogen and oxygen atoms in total. The molecule has 4 aromatic carbocycles. The largest absolute Gasteiger partial charge is 0.367 e. The first kappa shape index (κ1) is 37.4. The first-order chi connectivity index (χ1) is 27.3. The van der Waals surface area contributed by atoms with Crippen molar-refractivity contribution in [3.05, 3.63) is 143 Å². The molecule has 2 N–H and O–H groups in total. The third kappa shape index (κ3) is 7.40. The lowest BCUT2D eigenvalue weighted by molar-refractivity contribution is -0.143. The first-order valence-corrected chi connectivity index (χ1v) is 19.6. The van der Waals surface area contributed by atoms with E-state index in [1.54, 1.807) is 7.11 Å². The molecule has 1 unspecified atom stereocenters. The van der Waals surface area contributed by atoms with Crippen LogP contribution in [-0.4, -0.2) is 80.7 Å². The van der Waals surface area contributed by atoms with Crippen molar-refractivity contribution in [2.45, 2.75) is 49.9 Å². The van der Waals surface area contributed by atoms with Crippen LogP contribution in [0.15, 0.2) is 116 Å². The minimum Gasteiger partial charge on any atom is -0.367 e. The van der Waals surface area contributed by atoms with E-state index in [1.807, 2.05) is 95.8 Å². The zero-order valence-corrected chi connectivity index (χ0v) is 32.6. The van der Waals surface area contributed by atoms with Crippen molar-refractivity contribution in [2.75, 3.05) is 34.3 Å². The van der Waals surface area contributed by atoms with Crippen molar-refractivity contribution in [1.82, 2.24) is 34.6 Å². The maximum Gasteiger partial charge on any atom is 0.256 e. The van der Waals surface area contributed by atoms with Crippen LogP contribution in [0.2, 0.25) is 5.02 Å². The molecule has 0 spiro atoms. The van der Waals surface area contributed by atoms with Crippen molar-refractivity contribution >= 4 is 23.4 Å². The standard InChI is InChI=1S/C45H46ClN7O3/c1-51(2)40(34-13-7-8-14-35(34)46)44(54)52-25-9-15-38(52)42-47-27-36(49-42)31-21-17-29(18-22-31)30-19-23-32(24-20-30)37-28-48-43(50-37)39-16-10-26-53(39)45(55)41(56-3)33-11-5-4-6-12-33/h4-8,11-14,17-24,27-28,38-41H,9-10,15-16,25-26H2,1-3H3,(H,47,49)(H,48,50)/t38-,39?,40+,41+/m0/s1. The van der Waals surface area contributed by atoms with E-state index in [2.05, 4.69) is 58.5 Å². The molecular weight excluding hydrogens is 722 g/mol. The molecule has 0 saturated carbocycles. The summed E-state index contributed by atoms with van der Waals surface area (Å²) in [6.45, 7) is 1.35. The van der Waals surface area contributed by atoms with Crippen molar-refractivity contribution in [2.24, 2.45) is 0 Å². The average molecular weight is 768 g/mol. The van der Waals surface area contributed by atoms with Gasteiger partial charge in [0.25, 0.3) is 5.91 Å². The summed E-state index contributed by atoms with van der Waals surface area (Å²) in [5.74, 6) is 1.57. The van der Waals surface area contributed by atoms with Gasteiger partial charge in [-0.15, -0.1) is 0 Å². The predicted molar refractivity (Wildman–Crippen MR) is 218 cm³/mol. The molecule has 11 heteroatoms. The fraction of sp³-hybridized carbons (Fsp3) is 0.289. The number of amides is 2. The number of methoxy groups -OCH3 is 1. The summed E-state index contributed by atoms with van der Waals surface area (Å²) in [6.07, 6.45) is 6.58. The molecule has 4 heterocycles. The van der Waals surface area contributed by atoms with Gasteiger partial charge in [0, 0.05) is 25.2 Å². The highest BCUT2D eigenvalue weighted by atomic mass is 35.5. The van der Waals surface area contributed by atoms with Gasteiger partial charge in [0.15, 0.2) is 6.10 Å². The molecule has 2 aliphatic rings. The van der Waals surface area contributed by atoms with Gasteiger partial charge in [-0.2, -0.15) is 0 Å². The highest BCUT2D eigenvalue weighted by molar-refractivity contribution is 6.31. The number of ether oxygens (including phenoxy) is 1. The Bertz CT molecular complexity index is 2290. The predicted octanol–water partition coefficient (Wildman–Crippen LogP) is 8.80. The van der Waals surface area contributed by atoms with E-state index in [0.29, 0.717) is 18.1 Å². The number of nitrogens with one attached hydrogen (secondary N) is 2. The normalized spacial score (nSPS) is 18.1. The van der Waals surface area contributed by atoms with Crippen LogP contribution in [0.25, 0.3) is 33.6 Å². The van der Waals surface area contributed by atoms with Gasteiger partial charge >= 0.3 is 0 Å². The smallest absolute Gasteiger partial charge is 0.256 e. The second kappa shape index (κ2) is 16.3. The number of likely N-dealkylation sites (tertiary alicyclic amines) is 2. The van der Waals surface area contributed by atoms with Crippen LogP contribution in [0.3, 0.4) is 0 Å². The minimum atomic E-state index is -0.646. The Morgan fingerprint density at radius 1 is 0.696 bits per heavy atom. The molecule has 8 rings (SSSR count). The number of H-pyrrole nitrogens is 2. The summed E-state index contributed by atoms with van der Waals surface area (Å²) in [5, 5.41) is 0.587. The average Bonchev–Trinajstić information content (AvgIpc) is 4.07. The Labute approximate surface area is 332 Å². The second-order valence-electron chi connectivity index (χ2n) is 14.8. The Balaban J connectivity index is 0.930. The maximum absolute atomic E-state index is 14.0.